The van der Waals surface area contributed by atoms with Crippen molar-refractivity contribution in [1.29, 1.82) is 0 Å². The molecular formula is C30H58S2Si2Sn2. The molecule has 36 heavy (non-hydrogen) atoms. The van der Waals surface area contributed by atoms with Gasteiger partial charge in [-0.1, -0.05) is 0 Å². The minimum absolute atomic E-state index is 0.446. The fourth-order valence-corrected chi connectivity index (χ4v) is 26.0. The topological polar surface area (TPSA) is 0 Å². The molecule has 0 bridgehead atoms. The van der Waals surface area contributed by atoms with Gasteiger partial charge in [0.25, 0.3) is 0 Å². The number of thioether (sulfide) groups is 2. The van der Waals surface area contributed by atoms with E-state index in [9.17, 15) is 0 Å². The normalized spacial score (nSPS) is 24.9. The standard InChI is InChI=1S/C24H40S2Si2.6CH3.2Sn/c1-5-9-11-19(7-3)17-27-21-13-15-25-23(21)24-22(14-16-26-24)28-18-20(8-4)12-10-6-2;;;;;;;;/h13-14,19-20,23-24,27-28H,5-12,17-18H2,1-4H3;6*1H3;;. The van der Waals surface area contributed by atoms with Crippen LogP contribution in [0.1, 0.15) is 79.1 Å². The van der Waals surface area contributed by atoms with Crippen LogP contribution >= 0.6 is 23.5 Å². The minimum atomic E-state index is -2.07. The van der Waals surface area contributed by atoms with E-state index in [1.165, 1.54) is 63.5 Å². The van der Waals surface area contributed by atoms with E-state index in [0.29, 0.717) is 18.3 Å². The van der Waals surface area contributed by atoms with Crippen LogP contribution in [0.2, 0.25) is 41.7 Å². The van der Waals surface area contributed by atoms with E-state index in [-0.39, 0.29) is 0 Å². The molecule has 4 atom stereocenters. The summed E-state index contributed by atoms with van der Waals surface area (Å²) in [6.07, 6.45) is 16.8. The van der Waals surface area contributed by atoms with Crippen LogP contribution in [-0.4, -0.2) is 75.9 Å². The molecule has 0 aromatic rings. The molecule has 0 aromatic heterocycles. The van der Waals surface area contributed by atoms with Gasteiger partial charge in [-0.25, -0.2) is 0 Å². The van der Waals surface area contributed by atoms with Gasteiger partial charge in [0.05, 0.1) is 0 Å². The van der Waals surface area contributed by atoms with E-state index < -0.39 is 36.8 Å². The van der Waals surface area contributed by atoms with Gasteiger partial charge >= 0.3 is 250 Å². The van der Waals surface area contributed by atoms with E-state index >= 15 is 0 Å². The Morgan fingerprint density at radius 1 is 0.667 bits per heavy atom. The summed E-state index contributed by atoms with van der Waals surface area (Å²) >= 11 is 0.598. The van der Waals surface area contributed by atoms with Crippen LogP contribution in [0.3, 0.4) is 0 Å². The zero-order valence-corrected chi connectivity index (χ0v) is 35.2. The molecule has 0 fully saturated rings. The van der Waals surface area contributed by atoms with Crippen LogP contribution in [0.15, 0.2) is 18.0 Å². The summed E-state index contributed by atoms with van der Waals surface area (Å²) < 4.78 is 3.74. The molecule has 0 nitrogen and oxygen atoms in total. The number of unbranched alkanes of at least 4 members (excludes halogenated alkanes) is 2. The van der Waals surface area contributed by atoms with Crippen molar-refractivity contribution in [2.75, 3.05) is 0 Å². The fraction of sp³-hybridized carbons (Fsp3) is 0.800. The van der Waals surface area contributed by atoms with Gasteiger partial charge in [0, 0.05) is 0 Å². The first-order valence-corrected chi connectivity index (χ1v) is 39.6. The third kappa shape index (κ3) is 10.7. The van der Waals surface area contributed by atoms with Crippen molar-refractivity contribution in [2.24, 2.45) is 11.8 Å². The fourth-order valence-electron chi connectivity index (χ4n) is 5.12. The molecule has 0 saturated heterocycles. The third-order valence-electron chi connectivity index (χ3n) is 7.97. The van der Waals surface area contributed by atoms with Gasteiger partial charge in [-0.2, -0.15) is 0 Å². The van der Waals surface area contributed by atoms with Crippen LogP contribution in [0.25, 0.3) is 0 Å². The van der Waals surface area contributed by atoms with Crippen LogP contribution in [0, 0.1) is 11.8 Å². The van der Waals surface area contributed by atoms with E-state index in [4.69, 9.17) is 0 Å². The van der Waals surface area contributed by atoms with Gasteiger partial charge < -0.3 is 0 Å². The SMILES string of the molecule is CCCCC(CC)C[SiH]=C1C=[C]([Sn]([CH3])([CH3])[CH3])SC1C1S[C]([Sn]([CH3])([CH3])[CH3])=CC1=[SiH]CC(CC)CCCC. The van der Waals surface area contributed by atoms with Crippen molar-refractivity contribution in [3.8, 4) is 0 Å². The number of rotatable bonds is 15. The van der Waals surface area contributed by atoms with Crippen LogP contribution in [0.4, 0.5) is 0 Å². The summed E-state index contributed by atoms with van der Waals surface area (Å²) in [7, 11) is 0.893. The Labute approximate surface area is 247 Å². The predicted octanol–water partition coefficient (Wildman–Crippen LogP) is 9.23. The van der Waals surface area contributed by atoms with Gasteiger partial charge in [-0.05, 0) is 0 Å². The molecule has 0 amide bonds. The van der Waals surface area contributed by atoms with E-state index in [1.54, 1.807) is 0 Å². The Morgan fingerprint density at radius 2 is 1.03 bits per heavy atom. The molecule has 6 heteroatoms. The summed E-state index contributed by atoms with van der Waals surface area (Å²) in [4.78, 5) is 15.9. The quantitative estimate of drug-likeness (QED) is 0.152. The van der Waals surface area contributed by atoms with Gasteiger partial charge in [-0.15, -0.1) is 0 Å². The summed E-state index contributed by atoms with van der Waals surface area (Å²) in [5.41, 5.74) is 0. The van der Waals surface area contributed by atoms with Crippen LogP contribution in [0.5, 0.6) is 0 Å². The molecule has 0 aromatic carbocycles. The summed E-state index contributed by atoms with van der Waals surface area (Å²) in [6, 6.07) is 3.00. The molecule has 206 valence electrons. The van der Waals surface area contributed by atoms with Crippen LogP contribution in [-0.2, 0) is 0 Å². The summed E-state index contributed by atoms with van der Waals surface area (Å²) in [6.45, 7) is 9.60. The zero-order valence-electron chi connectivity index (χ0n) is 25.5. The van der Waals surface area contributed by atoms with Crippen molar-refractivity contribution in [1.82, 2.24) is 0 Å². The average molecular weight is 777 g/mol. The second kappa shape index (κ2) is 16.4. The second-order valence-electron chi connectivity index (χ2n) is 13.3. The number of allylic oxidation sites excluding steroid dienone is 2. The van der Waals surface area contributed by atoms with E-state index in [1.807, 2.05) is 16.2 Å². The predicted molar refractivity (Wildman–Crippen MR) is 186 cm³/mol. The van der Waals surface area contributed by atoms with Crippen molar-refractivity contribution in [2.45, 2.75) is 131 Å². The van der Waals surface area contributed by atoms with Gasteiger partial charge in [0.2, 0.25) is 0 Å². The first-order valence-electron chi connectivity index (χ1n) is 15.1. The zero-order chi connectivity index (χ0) is 26.9. The molecule has 0 aliphatic carbocycles. The Bertz CT molecular complexity index is 750. The Morgan fingerprint density at radius 3 is 1.31 bits per heavy atom. The van der Waals surface area contributed by atoms with Gasteiger partial charge in [0.1, 0.15) is 0 Å². The monoisotopic (exact) mass is 778 g/mol. The molecule has 0 spiro atoms. The number of hydrogen-bond donors (Lipinski definition) is 0. The molecule has 4 unspecified atom stereocenters. The van der Waals surface area contributed by atoms with Crippen molar-refractivity contribution in [3.63, 3.8) is 0 Å². The third-order valence-corrected chi connectivity index (χ3v) is 34.3. The van der Waals surface area contributed by atoms with E-state index in [2.05, 4.69) is 93.0 Å². The molecule has 0 radical (unpaired) electrons. The van der Waals surface area contributed by atoms with Crippen molar-refractivity contribution < 1.29 is 0 Å². The Balaban J connectivity index is 2.36. The average Bonchev–Trinajstić information content (AvgIpc) is 3.43. The molecular weight excluding hydrogens is 718 g/mol. The molecule has 2 aliphatic rings. The maximum atomic E-state index is 2.80. The Kier molecular flexibility index (Phi) is 15.6. The van der Waals surface area contributed by atoms with E-state index in [0.717, 1.165) is 22.3 Å². The molecule has 0 saturated carbocycles. The molecule has 2 aliphatic heterocycles. The van der Waals surface area contributed by atoms with Crippen LogP contribution < -0.4 is 0 Å². The summed E-state index contributed by atoms with van der Waals surface area (Å²) in [5, 5.41) is 5.37. The van der Waals surface area contributed by atoms with Gasteiger partial charge in [0.15, 0.2) is 0 Å². The first kappa shape index (κ1) is 34.2. The Hall–Kier alpha value is 1.95. The molecule has 2 heterocycles. The maximum absolute atomic E-state index is 2.80. The number of hydrogen-bond acceptors (Lipinski definition) is 2. The van der Waals surface area contributed by atoms with Crippen molar-refractivity contribution >= 4 is 88.9 Å². The summed E-state index contributed by atoms with van der Waals surface area (Å²) in [5.74, 6) is 1.92. The second-order valence-corrected chi connectivity index (χ2v) is 49.6. The molecule has 0 N–H and O–H groups in total. The molecule has 2 rings (SSSR count). The van der Waals surface area contributed by atoms with Crippen molar-refractivity contribution in [3.05, 3.63) is 18.0 Å². The first-order chi connectivity index (χ1) is 16.9. The van der Waals surface area contributed by atoms with Gasteiger partial charge in [-0.3, -0.25) is 0 Å².